The third-order valence-corrected chi connectivity index (χ3v) is 14.6. The molecule has 0 amide bonds. The van der Waals surface area contributed by atoms with Crippen molar-refractivity contribution < 1.29 is 28.6 Å². The second-order valence-corrected chi connectivity index (χ2v) is 22.7. The first-order chi connectivity index (χ1) is 41.0. The van der Waals surface area contributed by atoms with E-state index < -0.39 is 6.10 Å². The average Bonchev–Trinajstić information content (AvgIpc) is 3.49. The molecule has 0 aliphatic heterocycles. The van der Waals surface area contributed by atoms with Gasteiger partial charge >= 0.3 is 17.9 Å². The Morgan fingerprint density at radius 3 is 0.747 bits per heavy atom. The number of carbonyl (C=O) groups excluding carboxylic acids is 3. The van der Waals surface area contributed by atoms with Crippen LogP contribution in [0.2, 0.25) is 0 Å². The summed E-state index contributed by atoms with van der Waals surface area (Å²) in [6.45, 7) is 6.39. The first kappa shape index (κ1) is 78.5. The Bertz CT molecular complexity index is 1750. The Hall–Kier alpha value is -4.45. The summed E-state index contributed by atoms with van der Waals surface area (Å²) in [7, 11) is 0. The maximum absolute atomic E-state index is 12.9. The summed E-state index contributed by atoms with van der Waals surface area (Å²) in [6.07, 6.45) is 99.0. The molecule has 0 bridgehead atoms. The molecule has 0 radical (unpaired) electrons. The lowest BCUT2D eigenvalue weighted by atomic mass is 10.0. The fraction of sp³-hybridized carbons (Fsp3) is 0.675. The molecule has 6 heteroatoms. The third-order valence-electron chi connectivity index (χ3n) is 14.6. The maximum Gasteiger partial charge on any atom is 0.306 e. The van der Waals surface area contributed by atoms with Crippen LogP contribution in [0.5, 0.6) is 0 Å². The fourth-order valence-electron chi connectivity index (χ4n) is 9.49. The zero-order chi connectivity index (χ0) is 59.9. The van der Waals surface area contributed by atoms with E-state index in [1.807, 2.05) is 0 Å². The van der Waals surface area contributed by atoms with Crippen LogP contribution in [0.25, 0.3) is 0 Å². The summed E-state index contributed by atoms with van der Waals surface area (Å²) in [5.41, 5.74) is 0. The van der Waals surface area contributed by atoms with E-state index >= 15 is 0 Å². The maximum atomic E-state index is 12.9. The lowest BCUT2D eigenvalue weighted by Crippen LogP contribution is -2.30. The molecule has 0 rings (SSSR count). The molecule has 0 heterocycles. The van der Waals surface area contributed by atoms with Gasteiger partial charge < -0.3 is 14.2 Å². The van der Waals surface area contributed by atoms with Gasteiger partial charge in [-0.05, 0) is 135 Å². The van der Waals surface area contributed by atoms with Crippen LogP contribution in [-0.2, 0) is 28.6 Å². The Morgan fingerprint density at radius 1 is 0.253 bits per heavy atom. The van der Waals surface area contributed by atoms with Gasteiger partial charge in [-0.3, -0.25) is 14.4 Å². The molecule has 0 aromatic heterocycles. The standard InChI is InChI=1S/C77H128O6/c1-4-7-10-13-16-19-22-25-27-29-31-33-34-35-36-37-38-39-40-41-42-44-45-47-49-52-55-58-61-64-67-70-76(79)82-73-74(72-81-75(78)69-66-63-60-57-54-51-24-21-18-15-12-9-6-3)83-77(80)71-68-65-62-59-56-53-50-48-46-43-32-30-28-26-23-20-17-14-11-8-5-2/h7-8,10-11,16-17,19-21,24-28,31-33,35-36,43,48,50,74H,4-6,9,12-15,18,22-23,29-30,34,37-42,44-47,49,51-73H2,1-3H3/b10-7-,11-8-,19-16-,20-17-,24-21-,27-25-,28-26-,33-31-,36-35-,43-32-,50-48-. The van der Waals surface area contributed by atoms with Crippen molar-refractivity contribution >= 4 is 17.9 Å². The van der Waals surface area contributed by atoms with Crippen LogP contribution in [0.3, 0.4) is 0 Å². The van der Waals surface area contributed by atoms with Crippen molar-refractivity contribution in [2.45, 2.75) is 322 Å². The summed E-state index contributed by atoms with van der Waals surface area (Å²) in [5, 5.41) is 0. The molecule has 0 aliphatic rings. The van der Waals surface area contributed by atoms with Gasteiger partial charge in [0.1, 0.15) is 13.2 Å². The van der Waals surface area contributed by atoms with Gasteiger partial charge in [0.05, 0.1) is 0 Å². The fourth-order valence-corrected chi connectivity index (χ4v) is 9.49. The zero-order valence-electron chi connectivity index (χ0n) is 54.2. The van der Waals surface area contributed by atoms with Gasteiger partial charge in [-0.25, -0.2) is 0 Å². The molecule has 472 valence electrons. The third kappa shape index (κ3) is 68.2. The van der Waals surface area contributed by atoms with E-state index in [9.17, 15) is 14.4 Å². The highest BCUT2D eigenvalue weighted by molar-refractivity contribution is 5.71. The van der Waals surface area contributed by atoms with Crippen LogP contribution < -0.4 is 0 Å². The van der Waals surface area contributed by atoms with E-state index in [1.54, 1.807) is 0 Å². The highest BCUT2D eigenvalue weighted by Crippen LogP contribution is 2.16. The number of unbranched alkanes of at least 4 members (excludes halogenated alkanes) is 29. The Morgan fingerprint density at radius 2 is 0.470 bits per heavy atom. The van der Waals surface area contributed by atoms with Crippen LogP contribution >= 0.6 is 0 Å². The van der Waals surface area contributed by atoms with Crippen LogP contribution in [-0.4, -0.2) is 37.2 Å². The van der Waals surface area contributed by atoms with Crippen molar-refractivity contribution in [3.05, 3.63) is 134 Å². The van der Waals surface area contributed by atoms with Crippen molar-refractivity contribution in [3.8, 4) is 0 Å². The van der Waals surface area contributed by atoms with E-state index in [2.05, 4.69) is 154 Å². The van der Waals surface area contributed by atoms with Crippen LogP contribution in [0.4, 0.5) is 0 Å². The van der Waals surface area contributed by atoms with E-state index in [0.29, 0.717) is 19.3 Å². The number of carbonyl (C=O) groups is 3. The number of rotatable bonds is 62. The van der Waals surface area contributed by atoms with E-state index in [-0.39, 0.29) is 31.1 Å². The number of ether oxygens (including phenoxy) is 3. The molecule has 1 unspecified atom stereocenters. The average molecular weight is 1150 g/mol. The Kier molecular flexibility index (Phi) is 66.3. The predicted octanol–water partition coefficient (Wildman–Crippen LogP) is 24.1. The first-order valence-corrected chi connectivity index (χ1v) is 34.7. The summed E-state index contributed by atoms with van der Waals surface area (Å²) in [6, 6.07) is 0. The van der Waals surface area contributed by atoms with Crippen LogP contribution in [0.15, 0.2) is 134 Å². The van der Waals surface area contributed by atoms with Gasteiger partial charge in [0.2, 0.25) is 0 Å². The van der Waals surface area contributed by atoms with E-state index in [0.717, 1.165) is 148 Å². The van der Waals surface area contributed by atoms with Crippen LogP contribution in [0, 0.1) is 0 Å². The number of allylic oxidation sites excluding steroid dienone is 22. The molecular formula is C77H128O6. The molecular weight excluding hydrogens is 1020 g/mol. The lowest BCUT2D eigenvalue weighted by molar-refractivity contribution is -0.167. The normalized spacial score (nSPS) is 13.0. The topological polar surface area (TPSA) is 78.9 Å². The number of esters is 3. The SMILES string of the molecule is CC/C=C\C/C=C\C/C=C\C/C=C\C/C=C\CCCCCCCCCCCCCCCCCC(=O)OCC(COC(=O)CCCCCCC/C=C\CCCCCC)OC(=O)CCCCCCC/C=C\C/C=C\C/C=C\C/C=C\C/C=C\CC. The Balaban J connectivity index is 4.29. The summed E-state index contributed by atoms with van der Waals surface area (Å²) < 4.78 is 16.9. The highest BCUT2D eigenvalue weighted by Gasteiger charge is 2.19. The van der Waals surface area contributed by atoms with Crippen molar-refractivity contribution in [3.63, 3.8) is 0 Å². The minimum absolute atomic E-state index is 0.0900. The van der Waals surface area contributed by atoms with Gasteiger partial charge in [0.15, 0.2) is 6.10 Å². The molecule has 83 heavy (non-hydrogen) atoms. The largest absolute Gasteiger partial charge is 0.462 e. The minimum Gasteiger partial charge on any atom is -0.462 e. The van der Waals surface area contributed by atoms with Crippen molar-refractivity contribution in [1.82, 2.24) is 0 Å². The number of hydrogen-bond donors (Lipinski definition) is 0. The molecule has 0 aliphatic carbocycles. The van der Waals surface area contributed by atoms with Gasteiger partial charge in [-0.2, -0.15) is 0 Å². The smallest absolute Gasteiger partial charge is 0.306 e. The molecule has 0 saturated heterocycles. The molecule has 0 spiro atoms. The van der Waals surface area contributed by atoms with E-state index in [1.165, 1.54) is 128 Å². The van der Waals surface area contributed by atoms with Gasteiger partial charge in [-0.15, -0.1) is 0 Å². The first-order valence-electron chi connectivity index (χ1n) is 34.7. The van der Waals surface area contributed by atoms with Gasteiger partial charge in [-0.1, -0.05) is 296 Å². The van der Waals surface area contributed by atoms with Gasteiger partial charge in [0, 0.05) is 19.3 Å². The quantitative estimate of drug-likeness (QED) is 0.0261. The summed E-state index contributed by atoms with van der Waals surface area (Å²) in [4.78, 5) is 38.4. The second-order valence-electron chi connectivity index (χ2n) is 22.7. The summed E-state index contributed by atoms with van der Waals surface area (Å²) >= 11 is 0. The lowest BCUT2D eigenvalue weighted by Gasteiger charge is -2.18. The van der Waals surface area contributed by atoms with Crippen molar-refractivity contribution in [2.75, 3.05) is 13.2 Å². The molecule has 0 N–H and O–H groups in total. The molecule has 6 nitrogen and oxygen atoms in total. The molecule has 1 atom stereocenters. The molecule has 0 saturated carbocycles. The zero-order valence-corrected chi connectivity index (χ0v) is 54.2. The van der Waals surface area contributed by atoms with E-state index in [4.69, 9.17) is 14.2 Å². The molecule has 0 fully saturated rings. The number of hydrogen-bond acceptors (Lipinski definition) is 6. The van der Waals surface area contributed by atoms with Crippen molar-refractivity contribution in [1.29, 1.82) is 0 Å². The predicted molar refractivity (Wildman–Crippen MR) is 362 cm³/mol. The van der Waals surface area contributed by atoms with Crippen molar-refractivity contribution in [2.24, 2.45) is 0 Å². The summed E-state index contributed by atoms with van der Waals surface area (Å²) in [5.74, 6) is -0.911. The monoisotopic (exact) mass is 1150 g/mol. The van der Waals surface area contributed by atoms with Gasteiger partial charge in [0.25, 0.3) is 0 Å². The van der Waals surface area contributed by atoms with Crippen LogP contribution in [0.1, 0.15) is 316 Å². The Labute approximate surface area is 513 Å². The molecule has 0 aromatic carbocycles. The minimum atomic E-state index is -0.797. The second kappa shape index (κ2) is 70.0. The molecule has 0 aromatic rings. The highest BCUT2D eigenvalue weighted by atomic mass is 16.6.